The summed E-state index contributed by atoms with van der Waals surface area (Å²) < 4.78 is 13.7. The van der Waals surface area contributed by atoms with E-state index in [9.17, 15) is 9.18 Å². The lowest BCUT2D eigenvalue weighted by molar-refractivity contribution is 0.0988. The first-order valence-corrected chi connectivity index (χ1v) is 7.32. The molecule has 0 aliphatic heterocycles. The Morgan fingerprint density at radius 2 is 1.75 bits per heavy atom. The van der Waals surface area contributed by atoms with Crippen LogP contribution in [0.4, 0.5) is 21.6 Å². The molecule has 3 aromatic rings. The maximum Gasteiger partial charge on any atom is 0.276 e. The van der Waals surface area contributed by atoms with E-state index in [4.69, 9.17) is 0 Å². The Morgan fingerprint density at radius 1 is 1.04 bits per heavy atom. The van der Waals surface area contributed by atoms with Crippen LogP contribution in [0.25, 0.3) is 0 Å². The first-order valence-electron chi connectivity index (χ1n) is 7.32. The zero-order valence-electron chi connectivity index (χ0n) is 13.0. The molecule has 0 aliphatic carbocycles. The average Bonchev–Trinajstić information content (AvgIpc) is 2.63. The van der Waals surface area contributed by atoms with Crippen molar-refractivity contribution in [2.24, 2.45) is 0 Å². The quantitative estimate of drug-likeness (QED) is 0.797. The molecule has 1 N–H and O–H groups in total. The van der Waals surface area contributed by atoms with E-state index in [0.29, 0.717) is 5.82 Å². The number of benzene rings is 2. The minimum Gasteiger partial charge on any atom is -0.338 e. The van der Waals surface area contributed by atoms with Crippen LogP contribution in [0.2, 0.25) is 0 Å². The Kier molecular flexibility index (Phi) is 4.47. The van der Waals surface area contributed by atoms with E-state index in [1.54, 1.807) is 25.2 Å². The number of carbonyl (C=O) groups is 1. The van der Waals surface area contributed by atoms with Crippen molar-refractivity contribution in [3.05, 3.63) is 78.5 Å². The number of para-hydroxylation sites is 2. The number of nitrogens with one attached hydrogen (secondary N) is 1. The Bertz CT molecular complexity index is 854. The molecule has 0 spiro atoms. The van der Waals surface area contributed by atoms with Crippen molar-refractivity contribution >= 4 is 23.1 Å². The van der Waals surface area contributed by atoms with Crippen molar-refractivity contribution in [1.82, 2.24) is 9.97 Å². The highest BCUT2D eigenvalue weighted by Gasteiger charge is 2.15. The second kappa shape index (κ2) is 6.87. The van der Waals surface area contributed by atoms with Gasteiger partial charge in [-0.3, -0.25) is 4.79 Å². The number of carbonyl (C=O) groups excluding carboxylic acids is 1. The zero-order valence-corrected chi connectivity index (χ0v) is 13.0. The molecule has 5 nitrogen and oxygen atoms in total. The fraction of sp³-hybridized carbons (Fsp3) is 0.0556. The Hall–Kier alpha value is -3.28. The molecule has 1 amide bonds. The standard InChI is InChI=1S/C18H15FN4O/c1-23(13-7-3-2-4-8-13)18(24)16-11-17(21-12-20-16)22-15-10-6-5-9-14(15)19/h2-12H,1H3,(H,20,21,22). The molecule has 0 radical (unpaired) electrons. The summed E-state index contributed by atoms with van der Waals surface area (Å²) in [5, 5.41) is 2.85. The molecule has 6 heteroatoms. The lowest BCUT2D eigenvalue weighted by atomic mass is 10.2. The van der Waals surface area contributed by atoms with Crippen LogP contribution in [0.1, 0.15) is 10.5 Å². The second-order valence-corrected chi connectivity index (χ2v) is 5.09. The molecule has 1 aromatic heterocycles. The van der Waals surface area contributed by atoms with Crippen LogP contribution < -0.4 is 10.2 Å². The van der Waals surface area contributed by atoms with Crippen LogP contribution in [-0.2, 0) is 0 Å². The number of hydrogen-bond acceptors (Lipinski definition) is 4. The van der Waals surface area contributed by atoms with Crippen molar-refractivity contribution in [3.8, 4) is 0 Å². The van der Waals surface area contributed by atoms with Gasteiger partial charge < -0.3 is 10.2 Å². The fourth-order valence-electron chi connectivity index (χ4n) is 2.18. The summed E-state index contributed by atoms with van der Waals surface area (Å²) >= 11 is 0. The fourth-order valence-corrected chi connectivity index (χ4v) is 2.18. The van der Waals surface area contributed by atoms with Gasteiger partial charge in [0.05, 0.1) is 5.69 Å². The summed E-state index contributed by atoms with van der Waals surface area (Å²) in [6.07, 6.45) is 1.27. The van der Waals surface area contributed by atoms with Crippen molar-refractivity contribution < 1.29 is 9.18 Å². The molecule has 0 saturated heterocycles. The number of anilines is 3. The molecule has 0 fully saturated rings. The van der Waals surface area contributed by atoms with Crippen molar-refractivity contribution in [2.75, 3.05) is 17.3 Å². The number of rotatable bonds is 4. The van der Waals surface area contributed by atoms with E-state index >= 15 is 0 Å². The molecule has 3 rings (SSSR count). The van der Waals surface area contributed by atoms with Gasteiger partial charge in [0.2, 0.25) is 0 Å². The third-order valence-electron chi connectivity index (χ3n) is 3.47. The third-order valence-corrected chi connectivity index (χ3v) is 3.47. The smallest absolute Gasteiger partial charge is 0.276 e. The third kappa shape index (κ3) is 3.38. The monoisotopic (exact) mass is 322 g/mol. The van der Waals surface area contributed by atoms with Gasteiger partial charge in [0, 0.05) is 18.8 Å². The van der Waals surface area contributed by atoms with Gasteiger partial charge in [0.1, 0.15) is 23.7 Å². The molecular weight excluding hydrogens is 307 g/mol. The van der Waals surface area contributed by atoms with Gasteiger partial charge in [0.25, 0.3) is 5.91 Å². The molecule has 0 atom stereocenters. The Morgan fingerprint density at radius 3 is 2.50 bits per heavy atom. The lowest BCUT2D eigenvalue weighted by Gasteiger charge is -2.17. The van der Waals surface area contributed by atoms with Gasteiger partial charge in [-0.05, 0) is 24.3 Å². The molecular formula is C18H15FN4O. The summed E-state index contributed by atoms with van der Waals surface area (Å²) in [7, 11) is 1.67. The van der Waals surface area contributed by atoms with E-state index in [1.165, 1.54) is 23.4 Å². The lowest BCUT2D eigenvalue weighted by Crippen LogP contribution is -2.27. The van der Waals surface area contributed by atoms with Crippen LogP contribution in [0, 0.1) is 5.82 Å². The predicted octanol–water partition coefficient (Wildman–Crippen LogP) is 3.64. The van der Waals surface area contributed by atoms with Crippen molar-refractivity contribution in [2.45, 2.75) is 0 Å². The van der Waals surface area contributed by atoms with Crippen LogP contribution in [0.5, 0.6) is 0 Å². The SMILES string of the molecule is CN(C(=O)c1cc(Nc2ccccc2F)ncn1)c1ccccc1. The van der Waals surface area contributed by atoms with Gasteiger partial charge >= 0.3 is 0 Å². The molecule has 0 saturated carbocycles. The number of halogens is 1. The van der Waals surface area contributed by atoms with Crippen LogP contribution in [0.3, 0.4) is 0 Å². The summed E-state index contributed by atoms with van der Waals surface area (Å²) in [5.74, 6) is -0.328. The molecule has 2 aromatic carbocycles. The van der Waals surface area contributed by atoms with Gasteiger partial charge in [0.15, 0.2) is 0 Å². The average molecular weight is 322 g/mol. The summed E-state index contributed by atoms with van der Waals surface area (Å²) in [4.78, 5) is 22.1. The first-order chi connectivity index (χ1) is 11.6. The van der Waals surface area contributed by atoms with Gasteiger partial charge in [-0.15, -0.1) is 0 Å². The van der Waals surface area contributed by atoms with Gasteiger partial charge in [-0.2, -0.15) is 0 Å². The Labute approximate surface area is 138 Å². The van der Waals surface area contributed by atoms with E-state index < -0.39 is 5.82 Å². The largest absolute Gasteiger partial charge is 0.338 e. The van der Waals surface area contributed by atoms with E-state index in [1.807, 2.05) is 30.3 Å². The van der Waals surface area contributed by atoms with Crippen molar-refractivity contribution in [3.63, 3.8) is 0 Å². The maximum absolute atomic E-state index is 13.7. The minimum atomic E-state index is -0.398. The molecule has 1 heterocycles. The molecule has 0 aliphatic rings. The number of hydrogen-bond donors (Lipinski definition) is 1. The van der Waals surface area contributed by atoms with Crippen LogP contribution in [-0.4, -0.2) is 22.9 Å². The highest BCUT2D eigenvalue weighted by molar-refractivity contribution is 6.04. The first kappa shape index (κ1) is 15.6. The highest BCUT2D eigenvalue weighted by atomic mass is 19.1. The maximum atomic E-state index is 13.7. The molecule has 0 unspecified atom stereocenters. The second-order valence-electron chi connectivity index (χ2n) is 5.09. The number of aromatic nitrogens is 2. The van der Waals surface area contributed by atoms with Crippen LogP contribution in [0.15, 0.2) is 67.0 Å². The highest BCUT2D eigenvalue weighted by Crippen LogP contribution is 2.19. The summed E-state index contributed by atoms with van der Waals surface area (Å²) in [5.41, 5.74) is 1.26. The summed E-state index contributed by atoms with van der Waals surface area (Å²) in [6, 6.07) is 17.0. The van der Waals surface area contributed by atoms with Gasteiger partial charge in [-0.1, -0.05) is 30.3 Å². The molecule has 0 bridgehead atoms. The number of nitrogens with zero attached hydrogens (tertiary/aromatic N) is 3. The predicted molar refractivity (Wildman–Crippen MR) is 90.9 cm³/mol. The van der Waals surface area contributed by atoms with Crippen LogP contribution >= 0.6 is 0 Å². The van der Waals surface area contributed by atoms with E-state index in [0.717, 1.165) is 5.69 Å². The molecule has 24 heavy (non-hydrogen) atoms. The van der Waals surface area contributed by atoms with Gasteiger partial charge in [-0.25, -0.2) is 14.4 Å². The normalized spacial score (nSPS) is 10.2. The molecule has 120 valence electrons. The number of amides is 1. The Balaban J connectivity index is 1.82. The minimum absolute atomic E-state index is 0.218. The summed E-state index contributed by atoms with van der Waals surface area (Å²) in [6.45, 7) is 0. The van der Waals surface area contributed by atoms with Crippen molar-refractivity contribution in [1.29, 1.82) is 0 Å². The zero-order chi connectivity index (χ0) is 16.9. The van der Waals surface area contributed by atoms with E-state index in [-0.39, 0.29) is 17.3 Å². The topological polar surface area (TPSA) is 58.1 Å². The van der Waals surface area contributed by atoms with E-state index in [2.05, 4.69) is 15.3 Å².